The SMILES string of the molecule is O/N=c1/sc2ccccc2n1CCS. The Labute approximate surface area is 90.7 Å². The molecule has 0 aliphatic carbocycles. The zero-order valence-corrected chi connectivity index (χ0v) is 9.13. The van der Waals surface area contributed by atoms with Crippen molar-refractivity contribution in [3.63, 3.8) is 0 Å². The van der Waals surface area contributed by atoms with Gasteiger partial charge in [0.1, 0.15) is 0 Å². The van der Waals surface area contributed by atoms with Crippen molar-refractivity contribution in [3.05, 3.63) is 29.1 Å². The van der Waals surface area contributed by atoms with Crippen LogP contribution in [0.5, 0.6) is 0 Å². The maximum Gasteiger partial charge on any atom is 0.228 e. The van der Waals surface area contributed by atoms with Gasteiger partial charge in [-0.3, -0.25) is 0 Å². The van der Waals surface area contributed by atoms with Gasteiger partial charge < -0.3 is 9.77 Å². The van der Waals surface area contributed by atoms with Crippen LogP contribution >= 0.6 is 24.0 Å². The van der Waals surface area contributed by atoms with Gasteiger partial charge in [-0.1, -0.05) is 28.6 Å². The van der Waals surface area contributed by atoms with Gasteiger partial charge in [0.25, 0.3) is 0 Å². The van der Waals surface area contributed by atoms with Crippen LogP contribution in [0.15, 0.2) is 29.4 Å². The second-order valence-corrected chi connectivity index (χ2v) is 4.28. The van der Waals surface area contributed by atoms with E-state index in [2.05, 4.69) is 17.8 Å². The molecule has 2 rings (SSSR count). The summed E-state index contributed by atoms with van der Waals surface area (Å²) in [6, 6.07) is 7.99. The summed E-state index contributed by atoms with van der Waals surface area (Å²) in [6.45, 7) is 0.756. The Morgan fingerprint density at radius 3 is 2.93 bits per heavy atom. The summed E-state index contributed by atoms with van der Waals surface area (Å²) in [4.78, 5) is 0.625. The molecule has 2 aromatic rings. The van der Waals surface area contributed by atoms with Crippen LogP contribution in [0.2, 0.25) is 0 Å². The van der Waals surface area contributed by atoms with Crippen LogP contribution in [0.1, 0.15) is 0 Å². The van der Waals surface area contributed by atoms with Crippen LogP contribution < -0.4 is 4.80 Å². The van der Waals surface area contributed by atoms with Crippen LogP contribution in [0, 0.1) is 0 Å². The minimum atomic E-state index is 0.625. The fourth-order valence-electron chi connectivity index (χ4n) is 1.41. The third kappa shape index (κ3) is 1.53. The quantitative estimate of drug-likeness (QED) is 0.458. The first-order valence-corrected chi connectivity index (χ1v) is 5.69. The van der Waals surface area contributed by atoms with Crippen molar-refractivity contribution in [1.82, 2.24) is 4.57 Å². The summed E-state index contributed by atoms with van der Waals surface area (Å²) in [7, 11) is 0. The van der Waals surface area contributed by atoms with E-state index in [1.54, 1.807) is 0 Å². The van der Waals surface area contributed by atoms with E-state index in [9.17, 15) is 0 Å². The molecule has 1 heterocycles. The highest BCUT2D eigenvalue weighted by Crippen LogP contribution is 2.16. The summed E-state index contributed by atoms with van der Waals surface area (Å²) in [5, 5.41) is 12.1. The molecular weight excluding hydrogens is 216 g/mol. The number of rotatable bonds is 2. The number of aromatic nitrogens is 1. The zero-order chi connectivity index (χ0) is 9.97. The first-order valence-electron chi connectivity index (χ1n) is 4.24. The fraction of sp³-hybridized carbons (Fsp3) is 0.222. The molecule has 14 heavy (non-hydrogen) atoms. The van der Waals surface area contributed by atoms with Gasteiger partial charge in [-0.05, 0) is 12.1 Å². The lowest BCUT2D eigenvalue weighted by Gasteiger charge is -2.00. The van der Waals surface area contributed by atoms with Crippen LogP contribution in [-0.2, 0) is 6.54 Å². The van der Waals surface area contributed by atoms with Gasteiger partial charge in [0.2, 0.25) is 4.80 Å². The Balaban J connectivity index is 2.75. The number of hydrogen-bond acceptors (Lipinski definition) is 4. The number of thiol groups is 1. The Hall–Kier alpha value is -0.940. The number of thiazole rings is 1. The molecule has 0 saturated heterocycles. The number of para-hydroxylation sites is 1. The van der Waals surface area contributed by atoms with Gasteiger partial charge in [0.05, 0.1) is 10.2 Å². The van der Waals surface area contributed by atoms with Gasteiger partial charge in [-0.2, -0.15) is 12.6 Å². The Morgan fingerprint density at radius 1 is 1.43 bits per heavy atom. The molecule has 0 fully saturated rings. The number of nitrogens with zero attached hydrogens (tertiary/aromatic N) is 2. The van der Waals surface area contributed by atoms with Gasteiger partial charge in [0, 0.05) is 12.3 Å². The molecule has 0 unspecified atom stereocenters. The third-order valence-corrected chi connectivity index (χ3v) is 3.25. The maximum atomic E-state index is 8.84. The molecule has 0 radical (unpaired) electrons. The lowest BCUT2D eigenvalue weighted by Crippen LogP contribution is -2.15. The molecule has 0 atom stereocenters. The number of aryl methyl sites for hydroxylation is 1. The van der Waals surface area contributed by atoms with Gasteiger partial charge >= 0.3 is 0 Å². The zero-order valence-electron chi connectivity index (χ0n) is 7.42. The van der Waals surface area contributed by atoms with E-state index in [1.165, 1.54) is 11.3 Å². The number of hydrogen-bond donors (Lipinski definition) is 2. The lowest BCUT2D eigenvalue weighted by atomic mass is 10.3. The van der Waals surface area contributed by atoms with E-state index < -0.39 is 0 Å². The summed E-state index contributed by atoms with van der Waals surface area (Å²) >= 11 is 5.66. The third-order valence-electron chi connectivity index (χ3n) is 2.00. The highest BCUT2D eigenvalue weighted by molar-refractivity contribution is 7.80. The van der Waals surface area contributed by atoms with Crippen molar-refractivity contribution in [1.29, 1.82) is 0 Å². The van der Waals surface area contributed by atoms with Crippen LogP contribution in [0.4, 0.5) is 0 Å². The van der Waals surface area contributed by atoms with E-state index in [0.717, 1.165) is 22.5 Å². The predicted octanol–water partition coefficient (Wildman–Crippen LogP) is 1.92. The summed E-state index contributed by atoms with van der Waals surface area (Å²) in [5.41, 5.74) is 1.10. The highest BCUT2D eigenvalue weighted by atomic mass is 32.1. The van der Waals surface area contributed by atoms with E-state index in [0.29, 0.717) is 4.80 Å². The average molecular weight is 226 g/mol. The minimum absolute atomic E-state index is 0.625. The largest absolute Gasteiger partial charge is 0.408 e. The molecule has 0 bridgehead atoms. The van der Waals surface area contributed by atoms with Crippen molar-refractivity contribution in [2.75, 3.05) is 5.75 Å². The molecule has 0 saturated carbocycles. The first kappa shape index (κ1) is 9.61. The predicted molar refractivity (Wildman–Crippen MR) is 61.0 cm³/mol. The molecular formula is C9H10N2OS2. The van der Waals surface area contributed by atoms with Gasteiger partial charge in [-0.15, -0.1) is 0 Å². The smallest absolute Gasteiger partial charge is 0.228 e. The molecule has 0 aliphatic heterocycles. The summed E-state index contributed by atoms with van der Waals surface area (Å²) < 4.78 is 3.09. The van der Waals surface area contributed by atoms with E-state index >= 15 is 0 Å². The Morgan fingerprint density at radius 2 is 2.21 bits per heavy atom. The second-order valence-electron chi connectivity index (χ2n) is 2.83. The molecule has 1 aromatic carbocycles. The van der Waals surface area contributed by atoms with Crippen molar-refractivity contribution in [3.8, 4) is 0 Å². The monoisotopic (exact) mass is 226 g/mol. The topological polar surface area (TPSA) is 37.5 Å². The molecule has 5 heteroatoms. The van der Waals surface area contributed by atoms with E-state index in [4.69, 9.17) is 5.21 Å². The molecule has 74 valence electrons. The van der Waals surface area contributed by atoms with Crippen molar-refractivity contribution < 1.29 is 5.21 Å². The molecule has 1 aromatic heterocycles. The van der Waals surface area contributed by atoms with Crippen molar-refractivity contribution in [2.24, 2.45) is 5.16 Å². The Bertz CT molecular complexity index is 501. The molecule has 0 aliphatic rings. The fourth-order valence-corrected chi connectivity index (χ4v) is 2.58. The van der Waals surface area contributed by atoms with Crippen LogP contribution in [0.25, 0.3) is 10.2 Å². The minimum Gasteiger partial charge on any atom is -0.408 e. The first-order chi connectivity index (χ1) is 6.86. The van der Waals surface area contributed by atoms with Gasteiger partial charge in [0.15, 0.2) is 0 Å². The highest BCUT2D eigenvalue weighted by Gasteiger charge is 2.03. The molecule has 0 spiro atoms. The van der Waals surface area contributed by atoms with Crippen molar-refractivity contribution >= 4 is 34.2 Å². The normalized spacial score (nSPS) is 12.5. The van der Waals surface area contributed by atoms with Gasteiger partial charge in [-0.25, -0.2) is 0 Å². The van der Waals surface area contributed by atoms with E-state index in [-0.39, 0.29) is 0 Å². The van der Waals surface area contributed by atoms with Crippen LogP contribution in [0.3, 0.4) is 0 Å². The average Bonchev–Trinajstić information content (AvgIpc) is 2.58. The summed E-state index contributed by atoms with van der Waals surface area (Å²) in [6.07, 6.45) is 0. The summed E-state index contributed by atoms with van der Waals surface area (Å²) in [5.74, 6) is 0.730. The maximum absolute atomic E-state index is 8.84. The molecule has 1 N–H and O–H groups in total. The van der Waals surface area contributed by atoms with Crippen LogP contribution in [-0.4, -0.2) is 15.5 Å². The standard InChI is InChI=1S/C9H10N2OS2/c12-10-9-11(5-6-13)7-3-1-2-4-8(7)14-9/h1-4,12-13H,5-6H2/b10-9+. The molecule has 0 amide bonds. The number of benzene rings is 1. The van der Waals surface area contributed by atoms with E-state index in [1.807, 2.05) is 28.8 Å². The number of fused-ring (bicyclic) bond motifs is 1. The second kappa shape index (κ2) is 4.06. The Kier molecular flexibility index (Phi) is 2.79. The lowest BCUT2D eigenvalue weighted by molar-refractivity contribution is 0.297. The van der Waals surface area contributed by atoms with Crippen molar-refractivity contribution in [2.45, 2.75) is 6.54 Å². The molecule has 3 nitrogen and oxygen atoms in total.